The maximum atomic E-state index is 5.47. The molecule has 0 spiro atoms. The summed E-state index contributed by atoms with van der Waals surface area (Å²) < 4.78 is 5.47. The summed E-state index contributed by atoms with van der Waals surface area (Å²) in [5, 5.41) is 3.32. The fourth-order valence-corrected chi connectivity index (χ4v) is 1.41. The Morgan fingerprint density at radius 3 is 2.80 bits per heavy atom. The van der Waals surface area contributed by atoms with E-state index in [1.54, 1.807) is 0 Å². The van der Waals surface area contributed by atoms with Crippen LogP contribution in [0, 0.1) is 6.92 Å². The monoisotopic (exact) mass is 208 g/mol. The molecule has 3 N–H and O–H groups in total. The molecule has 0 bridgehead atoms. The molecule has 0 unspecified atom stereocenters. The Bertz CT molecular complexity index is 300. The van der Waals surface area contributed by atoms with Gasteiger partial charge in [-0.05, 0) is 50.6 Å². The Morgan fingerprint density at radius 2 is 2.20 bits per heavy atom. The second kappa shape index (κ2) is 6.30. The van der Waals surface area contributed by atoms with Crippen molar-refractivity contribution in [2.24, 2.45) is 5.73 Å². The molecule has 15 heavy (non-hydrogen) atoms. The summed E-state index contributed by atoms with van der Waals surface area (Å²) in [6, 6.07) is 6.14. The summed E-state index contributed by atoms with van der Waals surface area (Å²) >= 11 is 0. The van der Waals surface area contributed by atoms with Gasteiger partial charge in [0.2, 0.25) is 0 Å². The van der Waals surface area contributed by atoms with Gasteiger partial charge in [0, 0.05) is 12.2 Å². The predicted octanol–water partition coefficient (Wildman–Crippen LogP) is 2.15. The molecular formula is C12H20N2O. The number of anilines is 1. The average molecular weight is 208 g/mol. The third kappa shape index (κ3) is 3.80. The molecule has 1 rings (SSSR count). The molecule has 1 aromatic carbocycles. The van der Waals surface area contributed by atoms with Gasteiger partial charge in [-0.25, -0.2) is 0 Å². The van der Waals surface area contributed by atoms with Gasteiger partial charge in [0.15, 0.2) is 0 Å². The second-order valence-corrected chi connectivity index (χ2v) is 3.48. The van der Waals surface area contributed by atoms with E-state index in [4.69, 9.17) is 10.5 Å². The third-order valence-electron chi connectivity index (χ3n) is 2.18. The Kier molecular flexibility index (Phi) is 4.98. The lowest BCUT2D eigenvalue weighted by Crippen LogP contribution is -2.08. The van der Waals surface area contributed by atoms with Gasteiger partial charge < -0.3 is 15.8 Å². The lowest BCUT2D eigenvalue weighted by atomic mass is 10.2. The quantitative estimate of drug-likeness (QED) is 0.704. The molecule has 0 amide bonds. The zero-order valence-corrected chi connectivity index (χ0v) is 9.55. The summed E-state index contributed by atoms with van der Waals surface area (Å²) in [5.41, 5.74) is 7.72. The molecule has 0 aliphatic rings. The van der Waals surface area contributed by atoms with E-state index in [0.717, 1.165) is 36.5 Å². The molecule has 0 atom stereocenters. The number of hydrogen-bond donors (Lipinski definition) is 2. The Morgan fingerprint density at radius 1 is 1.40 bits per heavy atom. The predicted molar refractivity (Wildman–Crippen MR) is 64.5 cm³/mol. The van der Waals surface area contributed by atoms with Crippen molar-refractivity contribution in [2.75, 3.05) is 25.0 Å². The SMILES string of the molecule is CCOc1ccc(NCCCN)cc1C. The van der Waals surface area contributed by atoms with Crippen LogP contribution in [0.3, 0.4) is 0 Å². The minimum atomic E-state index is 0.709. The molecule has 0 radical (unpaired) electrons. The molecule has 0 aromatic heterocycles. The fraction of sp³-hybridized carbons (Fsp3) is 0.500. The molecule has 0 saturated heterocycles. The van der Waals surface area contributed by atoms with Crippen LogP contribution in [0.4, 0.5) is 5.69 Å². The third-order valence-corrected chi connectivity index (χ3v) is 2.18. The van der Waals surface area contributed by atoms with Gasteiger partial charge in [0.25, 0.3) is 0 Å². The molecular weight excluding hydrogens is 188 g/mol. The van der Waals surface area contributed by atoms with Crippen molar-refractivity contribution >= 4 is 5.69 Å². The van der Waals surface area contributed by atoms with Gasteiger partial charge >= 0.3 is 0 Å². The first-order chi connectivity index (χ1) is 7.27. The number of benzene rings is 1. The summed E-state index contributed by atoms with van der Waals surface area (Å²) in [6.45, 7) is 6.40. The van der Waals surface area contributed by atoms with Gasteiger partial charge in [-0.1, -0.05) is 0 Å². The molecule has 0 heterocycles. The van der Waals surface area contributed by atoms with E-state index in [0.29, 0.717) is 6.61 Å². The Balaban J connectivity index is 2.56. The van der Waals surface area contributed by atoms with Gasteiger partial charge in [-0.15, -0.1) is 0 Å². The topological polar surface area (TPSA) is 47.3 Å². The van der Waals surface area contributed by atoms with Crippen LogP contribution >= 0.6 is 0 Å². The van der Waals surface area contributed by atoms with E-state index in [1.807, 2.05) is 19.1 Å². The lowest BCUT2D eigenvalue weighted by molar-refractivity contribution is 0.338. The molecule has 1 aromatic rings. The fourth-order valence-electron chi connectivity index (χ4n) is 1.41. The van der Waals surface area contributed by atoms with Gasteiger partial charge in [-0.2, -0.15) is 0 Å². The van der Waals surface area contributed by atoms with E-state index < -0.39 is 0 Å². The summed E-state index contributed by atoms with van der Waals surface area (Å²) in [6.07, 6.45) is 0.992. The maximum Gasteiger partial charge on any atom is 0.122 e. The van der Waals surface area contributed by atoms with E-state index in [9.17, 15) is 0 Å². The average Bonchev–Trinajstić information content (AvgIpc) is 2.23. The van der Waals surface area contributed by atoms with Crippen molar-refractivity contribution in [1.82, 2.24) is 0 Å². The van der Waals surface area contributed by atoms with Crippen LogP contribution in [-0.2, 0) is 0 Å². The summed E-state index contributed by atoms with van der Waals surface area (Å²) in [4.78, 5) is 0. The highest BCUT2D eigenvalue weighted by molar-refractivity contribution is 5.50. The minimum Gasteiger partial charge on any atom is -0.494 e. The van der Waals surface area contributed by atoms with Gasteiger partial charge in [-0.3, -0.25) is 0 Å². The van der Waals surface area contributed by atoms with Crippen molar-refractivity contribution in [3.05, 3.63) is 23.8 Å². The van der Waals surface area contributed by atoms with Crippen molar-refractivity contribution in [1.29, 1.82) is 0 Å². The van der Waals surface area contributed by atoms with Crippen LogP contribution in [0.2, 0.25) is 0 Å². The first kappa shape index (κ1) is 11.9. The van der Waals surface area contributed by atoms with Gasteiger partial charge in [0.1, 0.15) is 5.75 Å². The molecule has 3 nitrogen and oxygen atoms in total. The smallest absolute Gasteiger partial charge is 0.122 e. The van der Waals surface area contributed by atoms with Crippen molar-refractivity contribution in [3.63, 3.8) is 0 Å². The second-order valence-electron chi connectivity index (χ2n) is 3.48. The van der Waals surface area contributed by atoms with Crippen LogP contribution in [0.5, 0.6) is 5.75 Å². The van der Waals surface area contributed by atoms with Crippen molar-refractivity contribution in [3.8, 4) is 5.75 Å². The number of ether oxygens (including phenoxy) is 1. The highest BCUT2D eigenvalue weighted by Crippen LogP contribution is 2.21. The number of rotatable bonds is 6. The zero-order valence-electron chi connectivity index (χ0n) is 9.55. The highest BCUT2D eigenvalue weighted by Gasteiger charge is 1.99. The Hall–Kier alpha value is -1.22. The number of hydrogen-bond acceptors (Lipinski definition) is 3. The van der Waals surface area contributed by atoms with E-state index >= 15 is 0 Å². The molecule has 84 valence electrons. The molecule has 0 fully saturated rings. The molecule has 0 saturated carbocycles. The first-order valence-electron chi connectivity index (χ1n) is 5.45. The maximum absolute atomic E-state index is 5.47. The Labute approximate surface area is 91.6 Å². The number of nitrogens with two attached hydrogens (primary N) is 1. The minimum absolute atomic E-state index is 0.709. The van der Waals surface area contributed by atoms with Crippen LogP contribution < -0.4 is 15.8 Å². The first-order valence-corrected chi connectivity index (χ1v) is 5.45. The van der Waals surface area contributed by atoms with Crippen molar-refractivity contribution < 1.29 is 4.74 Å². The molecule has 0 aliphatic carbocycles. The van der Waals surface area contributed by atoms with Crippen LogP contribution in [0.1, 0.15) is 18.9 Å². The molecule has 3 heteroatoms. The number of nitrogens with one attached hydrogen (secondary N) is 1. The summed E-state index contributed by atoms with van der Waals surface area (Å²) in [7, 11) is 0. The van der Waals surface area contributed by atoms with Gasteiger partial charge in [0.05, 0.1) is 6.61 Å². The normalized spacial score (nSPS) is 10.1. The lowest BCUT2D eigenvalue weighted by Gasteiger charge is -2.10. The molecule has 0 aliphatic heterocycles. The zero-order chi connectivity index (χ0) is 11.1. The van der Waals surface area contributed by atoms with Crippen LogP contribution in [0.15, 0.2) is 18.2 Å². The highest BCUT2D eigenvalue weighted by atomic mass is 16.5. The summed E-state index contributed by atoms with van der Waals surface area (Å²) in [5.74, 6) is 0.960. The largest absolute Gasteiger partial charge is 0.494 e. The van der Waals surface area contributed by atoms with E-state index in [2.05, 4.69) is 18.3 Å². The van der Waals surface area contributed by atoms with E-state index in [-0.39, 0.29) is 0 Å². The standard InChI is InChI=1S/C12H20N2O/c1-3-15-12-6-5-11(9-10(12)2)14-8-4-7-13/h5-6,9,14H,3-4,7-8,13H2,1-2H3. The number of aryl methyl sites for hydroxylation is 1. The van der Waals surface area contributed by atoms with Crippen molar-refractivity contribution in [2.45, 2.75) is 20.3 Å². The van der Waals surface area contributed by atoms with E-state index in [1.165, 1.54) is 0 Å². The van der Waals surface area contributed by atoms with Crippen LogP contribution in [-0.4, -0.2) is 19.7 Å². The van der Waals surface area contributed by atoms with Crippen LogP contribution in [0.25, 0.3) is 0 Å².